The second-order valence-corrected chi connectivity index (χ2v) is 20.3. The average Bonchev–Trinajstić information content (AvgIpc) is 4.28. The largest absolute Gasteiger partial charge is 0.308 e. The van der Waals surface area contributed by atoms with Gasteiger partial charge in [0.25, 0.3) is 0 Å². The molecule has 0 N–H and O–H groups in total. The Bertz CT molecular complexity index is 4560. The Kier molecular flexibility index (Phi) is 8.99. The fourth-order valence-electron chi connectivity index (χ4n) is 13.5. The van der Waals surface area contributed by atoms with Crippen molar-refractivity contribution in [2.45, 2.75) is 5.41 Å². The number of rotatable bonds is 6. The summed E-state index contributed by atoms with van der Waals surface area (Å²) in [6.45, 7) is 0. The highest BCUT2D eigenvalue weighted by Crippen LogP contribution is 2.64. The molecule has 348 valence electrons. The highest BCUT2D eigenvalue weighted by atomic mass is 15.2. The van der Waals surface area contributed by atoms with E-state index >= 15 is 0 Å². The zero-order valence-electron chi connectivity index (χ0n) is 41.0. The summed E-state index contributed by atoms with van der Waals surface area (Å²) < 4.78 is 2.49. The van der Waals surface area contributed by atoms with Gasteiger partial charge in [0.15, 0.2) is 0 Å². The molecule has 1 aromatic heterocycles. The summed E-state index contributed by atoms with van der Waals surface area (Å²) in [7, 11) is 0. The summed E-state index contributed by atoms with van der Waals surface area (Å²) in [5.74, 6) is 0. The lowest BCUT2D eigenvalue weighted by atomic mass is 9.70. The molecule has 0 saturated heterocycles. The molecule has 0 unspecified atom stereocenters. The van der Waals surface area contributed by atoms with E-state index in [0.29, 0.717) is 0 Å². The van der Waals surface area contributed by atoms with Gasteiger partial charge in [-0.3, -0.25) is 0 Å². The maximum absolute atomic E-state index is 2.61. The van der Waals surface area contributed by atoms with Crippen LogP contribution in [0, 0.1) is 0 Å². The number of aromatic nitrogens is 1. The molecule has 0 aliphatic heterocycles. The van der Waals surface area contributed by atoms with Crippen molar-refractivity contribution in [2.24, 2.45) is 0 Å². The first kappa shape index (κ1) is 41.8. The summed E-state index contributed by atoms with van der Waals surface area (Å²) in [5, 5.41) is 9.90. The molecule has 0 fully saturated rings. The number of anilines is 3. The summed E-state index contributed by atoms with van der Waals surface area (Å²) >= 11 is 0. The van der Waals surface area contributed by atoms with Crippen LogP contribution in [0.25, 0.3) is 104 Å². The van der Waals surface area contributed by atoms with Crippen LogP contribution in [0.3, 0.4) is 0 Å². The highest BCUT2D eigenvalue weighted by Gasteiger charge is 2.52. The highest BCUT2D eigenvalue weighted by molar-refractivity contribution is 6.26. The van der Waals surface area contributed by atoms with Gasteiger partial charge in [-0.25, -0.2) is 0 Å². The predicted molar refractivity (Wildman–Crippen MR) is 315 cm³/mol. The van der Waals surface area contributed by atoms with Crippen LogP contribution in [-0.2, 0) is 5.41 Å². The number of benzene rings is 13. The maximum atomic E-state index is 2.61. The van der Waals surface area contributed by atoms with Gasteiger partial charge in [-0.1, -0.05) is 231 Å². The normalized spacial score (nSPS) is 12.9. The molecule has 0 amide bonds. The van der Waals surface area contributed by atoms with Gasteiger partial charge in [-0.2, -0.15) is 0 Å². The molecule has 13 aromatic carbocycles. The third-order valence-corrected chi connectivity index (χ3v) is 16.6. The lowest BCUT2D eigenvalue weighted by Gasteiger charge is -2.34. The number of nitrogens with zero attached hydrogens (tertiary/aromatic N) is 2. The van der Waals surface area contributed by atoms with E-state index in [1.165, 1.54) is 104 Å². The van der Waals surface area contributed by atoms with Crippen molar-refractivity contribution >= 4 is 71.2 Å². The smallest absolute Gasteiger partial charge is 0.0782 e. The second-order valence-electron chi connectivity index (χ2n) is 20.3. The van der Waals surface area contributed by atoms with Crippen molar-refractivity contribution in [2.75, 3.05) is 4.90 Å². The molecule has 2 aliphatic carbocycles. The lowest BCUT2D eigenvalue weighted by Crippen LogP contribution is -2.26. The molecule has 2 heteroatoms. The molecule has 0 saturated carbocycles. The van der Waals surface area contributed by atoms with Crippen molar-refractivity contribution in [1.29, 1.82) is 0 Å². The fraction of sp³-hybridized carbons (Fsp3) is 0.0137. The Morgan fingerprint density at radius 3 is 1.39 bits per heavy atom. The Morgan fingerprint density at radius 2 is 0.747 bits per heavy atom. The molecule has 2 nitrogen and oxygen atoms in total. The van der Waals surface area contributed by atoms with Crippen LogP contribution in [0.2, 0.25) is 0 Å². The second kappa shape index (κ2) is 16.1. The van der Waals surface area contributed by atoms with Crippen molar-refractivity contribution in [3.05, 3.63) is 301 Å². The fourth-order valence-corrected chi connectivity index (χ4v) is 13.5. The van der Waals surface area contributed by atoms with Crippen LogP contribution in [0.15, 0.2) is 279 Å². The molecule has 16 rings (SSSR count). The Balaban J connectivity index is 1.08. The van der Waals surface area contributed by atoms with Crippen molar-refractivity contribution in [3.63, 3.8) is 0 Å². The van der Waals surface area contributed by atoms with Crippen LogP contribution < -0.4 is 4.90 Å². The van der Waals surface area contributed by atoms with Crippen molar-refractivity contribution < 1.29 is 0 Å². The van der Waals surface area contributed by atoms with Gasteiger partial charge < -0.3 is 9.47 Å². The summed E-state index contributed by atoms with van der Waals surface area (Å²) in [6, 6.07) is 104. The minimum Gasteiger partial charge on any atom is -0.308 e. The Morgan fingerprint density at radius 1 is 0.267 bits per heavy atom. The zero-order chi connectivity index (χ0) is 49.2. The van der Waals surface area contributed by atoms with E-state index < -0.39 is 5.41 Å². The van der Waals surface area contributed by atoms with Gasteiger partial charge in [0.05, 0.1) is 27.8 Å². The molecular formula is C73H46N2. The van der Waals surface area contributed by atoms with Gasteiger partial charge >= 0.3 is 0 Å². The predicted octanol–water partition coefficient (Wildman–Crippen LogP) is 19.4. The number of para-hydroxylation sites is 3. The molecule has 1 spiro atoms. The van der Waals surface area contributed by atoms with Crippen LogP contribution >= 0.6 is 0 Å². The van der Waals surface area contributed by atoms with E-state index in [1.54, 1.807) is 0 Å². The third-order valence-electron chi connectivity index (χ3n) is 16.6. The number of fused-ring (bicyclic) bond motifs is 19. The summed E-state index contributed by atoms with van der Waals surface area (Å²) in [5.41, 5.74) is 21.2. The lowest BCUT2D eigenvalue weighted by molar-refractivity contribution is 0.794. The van der Waals surface area contributed by atoms with Crippen molar-refractivity contribution in [1.82, 2.24) is 4.57 Å². The average molecular weight is 951 g/mol. The number of hydrogen-bond acceptors (Lipinski definition) is 1. The standard InChI is InChI=1S/C73H46N2/c1-3-20-47(21-4-1)48-38-40-49(41-39-48)62-45-64-59-30-13-17-35-67(59)73(65-33-15-11-28-57(65)58-29-12-16-34-66(58)73)68(64)46-71(62)74(51-42-43-56-54-26-8-7-24-52(54)53-25-9-10-27-55(53)63(56)44-51)70-37-19-32-61-60-31-14-18-36-69(60)75(72(61)70)50-22-5-2-6-23-50/h1-46H. The van der Waals surface area contributed by atoms with Gasteiger partial charge in [0.2, 0.25) is 0 Å². The van der Waals surface area contributed by atoms with Crippen molar-refractivity contribution in [3.8, 4) is 50.2 Å². The first-order valence-electron chi connectivity index (χ1n) is 26.1. The SMILES string of the molecule is c1ccc(-c2ccc(-c3cc4c(cc3N(c3ccc5c6ccccc6c6ccccc6c5c3)c3cccc5c6ccccc6n(-c6ccccc6)c35)C3(c5ccccc5-c5ccccc53)c3ccccc3-4)cc2)cc1. The van der Waals surface area contributed by atoms with E-state index in [2.05, 4.69) is 289 Å². The van der Waals surface area contributed by atoms with Crippen LogP contribution in [-0.4, -0.2) is 4.57 Å². The Hall–Kier alpha value is -9.76. The van der Waals surface area contributed by atoms with E-state index in [4.69, 9.17) is 0 Å². The van der Waals surface area contributed by atoms with E-state index in [-0.39, 0.29) is 0 Å². The zero-order valence-corrected chi connectivity index (χ0v) is 41.0. The molecule has 75 heavy (non-hydrogen) atoms. The van der Waals surface area contributed by atoms with E-state index in [1.807, 2.05) is 0 Å². The molecule has 1 heterocycles. The topological polar surface area (TPSA) is 8.17 Å². The first-order chi connectivity index (χ1) is 37.2. The van der Waals surface area contributed by atoms with Crippen LogP contribution in [0.5, 0.6) is 0 Å². The van der Waals surface area contributed by atoms with E-state index in [0.717, 1.165) is 39.4 Å². The number of hydrogen-bond donors (Lipinski definition) is 0. The van der Waals surface area contributed by atoms with Gasteiger partial charge in [0, 0.05) is 27.7 Å². The summed E-state index contributed by atoms with van der Waals surface area (Å²) in [4.78, 5) is 2.61. The third kappa shape index (κ3) is 5.91. The minimum absolute atomic E-state index is 0.557. The van der Waals surface area contributed by atoms with Crippen LogP contribution in [0.4, 0.5) is 17.1 Å². The molecule has 0 radical (unpaired) electrons. The molecule has 14 aromatic rings. The van der Waals surface area contributed by atoms with Crippen LogP contribution in [0.1, 0.15) is 22.3 Å². The van der Waals surface area contributed by atoms with Gasteiger partial charge in [0.1, 0.15) is 0 Å². The molecule has 0 atom stereocenters. The van der Waals surface area contributed by atoms with E-state index in [9.17, 15) is 0 Å². The monoisotopic (exact) mass is 950 g/mol. The quantitative estimate of drug-likeness (QED) is 0.151. The molecule has 2 aliphatic rings. The van der Waals surface area contributed by atoms with Gasteiger partial charge in [-0.15, -0.1) is 0 Å². The van der Waals surface area contributed by atoms with Gasteiger partial charge in [-0.05, 0) is 142 Å². The minimum atomic E-state index is -0.557. The first-order valence-corrected chi connectivity index (χ1v) is 26.1. The molecule has 0 bridgehead atoms. The Labute approximate surface area is 435 Å². The summed E-state index contributed by atoms with van der Waals surface area (Å²) in [6.07, 6.45) is 0. The maximum Gasteiger partial charge on any atom is 0.0782 e. The molecular weight excluding hydrogens is 905 g/mol.